The highest BCUT2D eigenvalue weighted by atomic mass is 16.3. The molecule has 1 aromatic carbocycles. The first-order chi connectivity index (χ1) is 11.0. The van der Waals surface area contributed by atoms with E-state index in [2.05, 4.69) is 15.5 Å². The fraction of sp³-hybridized carbons (Fsp3) is 0.444. The van der Waals surface area contributed by atoms with E-state index in [0.717, 1.165) is 28.1 Å². The lowest BCUT2D eigenvalue weighted by atomic mass is 9.98. The van der Waals surface area contributed by atoms with Gasteiger partial charge in [-0.2, -0.15) is 5.10 Å². The molecule has 1 aliphatic rings. The molecule has 5 nitrogen and oxygen atoms in total. The van der Waals surface area contributed by atoms with Crippen LogP contribution >= 0.6 is 0 Å². The third-order valence-corrected chi connectivity index (χ3v) is 4.74. The van der Waals surface area contributed by atoms with Gasteiger partial charge >= 0.3 is 0 Å². The van der Waals surface area contributed by atoms with E-state index < -0.39 is 6.10 Å². The Bertz CT molecular complexity index is 703. The fourth-order valence-corrected chi connectivity index (χ4v) is 3.32. The Morgan fingerprint density at radius 3 is 2.87 bits per heavy atom. The molecule has 3 atom stereocenters. The molecule has 1 amide bonds. The summed E-state index contributed by atoms with van der Waals surface area (Å²) in [5.74, 6) is -0.212. The van der Waals surface area contributed by atoms with Gasteiger partial charge in [0.1, 0.15) is 0 Å². The minimum atomic E-state index is -0.555. The van der Waals surface area contributed by atoms with Crippen LogP contribution in [0.25, 0.3) is 0 Å². The highest BCUT2D eigenvalue weighted by molar-refractivity contribution is 5.79. The van der Waals surface area contributed by atoms with Gasteiger partial charge in [0.25, 0.3) is 0 Å². The first-order valence-electron chi connectivity index (χ1n) is 8.04. The zero-order valence-electron chi connectivity index (χ0n) is 13.8. The second-order valence-corrected chi connectivity index (χ2v) is 6.47. The maximum atomic E-state index is 12.6. The molecule has 1 heterocycles. The van der Waals surface area contributed by atoms with Gasteiger partial charge in [-0.3, -0.25) is 9.89 Å². The predicted octanol–water partition coefficient (Wildman–Crippen LogP) is 1.98. The Labute approximate surface area is 136 Å². The van der Waals surface area contributed by atoms with E-state index in [9.17, 15) is 9.90 Å². The number of rotatable bonds is 4. The highest BCUT2D eigenvalue weighted by Crippen LogP contribution is 2.31. The summed E-state index contributed by atoms with van der Waals surface area (Å²) in [5, 5.41) is 20.4. The standard InChI is InChI=1S/C18H23N3O2/c1-10(8-15-11(2)20-21-12(15)3)18(23)19-17-14-7-5-4-6-13(14)9-16(17)22/h4-7,10,16-17,22H,8-9H2,1-3H3,(H,19,23)(H,20,21)/t10-,16+,17-/m0/s1. The second kappa shape index (κ2) is 6.16. The Kier molecular flexibility index (Phi) is 4.22. The molecule has 2 aromatic rings. The molecule has 0 unspecified atom stereocenters. The summed E-state index contributed by atoms with van der Waals surface area (Å²) in [5.41, 5.74) is 5.18. The monoisotopic (exact) mass is 313 g/mol. The minimum absolute atomic E-state index is 0.0363. The molecule has 0 radical (unpaired) electrons. The summed E-state index contributed by atoms with van der Waals surface area (Å²) in [6.45, 7) is 5.83. The molecule has 1 aromatic heterocycles. The van der Waals surface area contributed by atoms with Crippen molar-refractivity contribution in [2.75, 3.05) is 0 Å². The minimum Gasteiger partial charge on any atom is -0.390 e. The number of benzene rings is 1. The van der Waals surface area contributed by atoms with Crippen molar-refractivity contribution in [2.24, 2.45) is 5.92 Å². The van der Waals surface area contributed by atoms with Gasteiger partial charge < -0.3 is 10.4 Å². The number of carbonyl (C=O) groups is 1. The number of H-pyrrole nitrogens is 1. The topological polar surface area (TPSA) is 78.0 Å². The van der Waals surface area contributed by atoms with Gasteiger partial charge in [-0.25, -0.2) is 0 Å². The quantitative estimate of drug-likeness (QED) is 0.807. The molecule has 3 rings (SSSR count). The van der Waals surface area contributed by atoms with Crippen LogP contribution in [-0.2, 0) is 17.6 Å². The van der Waals surface area contributed by atoms with Gasteiger partial charge in [-0.05, 0) is 37.0 Å². The summed E-state index contributed by atoms with van der Waals surface area (Å²) < 4.78 is 0. The van der Waals surface area contributed by atoms with Crippen molar-refractivity contribution in [2.45, 2.75) is 45.8 Å². The van der Waals surface area contributed by atoms with Gasteiger partial charge in [-0.15, -0.1) is 0 Å². The van der Waals surface area contributed by atoms with Crippen molar-refractivity contribution in [3.8, 4) is 0 Å². The first-order valence-corrected chi connectivity index (χ1v) is 8.04. The Hall–Kier alpha value is -2.14. The average molecular weight is 313 g/mol. The van der Waals surface area contributed by atoms with Crippen molar-refractivity contribution in [3.05, 3.63) is 52.3 Å². The van der Waals surface area contributed by atoms with E-state index in [1.54, 1.807) is 0 Å². The fourth-order valence-electron chi connectivity index (χ4n) is 3.32. The number of amides is 1. The highest BCUT2D eigenvalue weighted by Gasteiger charge is 2.32. The molecule has 0 bridgehead atoms. The molecule has 0 fully saturated rings. The third-order valence-electron chi connectivity index (χ3n) is 4.74. The van der Waals surface area contributed by atoms with E-state index in [4.69, 9.17) is 0 Å². The summed E-state index contributed by atoms with van der Waals surface area (Å²) in [6, 6.07) is 7.57. The van der Waals surface area contributed by atoms with E-state index in [-0.39, 0.29) is 17.9 Å². The van der Waals surface area contributed by atoms with Crippen molar-refractivity contribution < 1.29 is 9.90 Å². The number of nitrogens with one attached hydrogen (secondary N) is 2. The van der Waals surface area contributed by atoms with Crippen LogP contribution in [0.5, 0.6) is 0 Å². The zero-order valence-corrected chi connectivity index (χ0v) is 13.8. The molecular weight excluding hydrogens is 290 g/mol. The number of fused-ring (bicyclic) bond motifs is 1. The van der Waals surface area contributed by atoms with Crippen LogP contribution in [0.2, 0.25) is 0 Å². The lowest BCUT2D eigenvalue weighted by Crippen LogP contribution is -2.37. The van der Waals surface area contributed by atoms with Gasteiger partial charge in [-0.1, -0.05) is 31.2 Å². The molecule has 3 N–H and O–H groups in total. The number of aliphatic hydroxyl groups excluding tert-OH is 1. The number of aliphatic hydroxyl groups is 1. The molecule has 5 heteroatoms. The molecular formula is C18H23N3O2. The number of nitrogens with zero attached hydrogens (tertiary/aromatic N) is 1. The van der Waals surface area contributed by atoms with Crippen molar-refractivity contribution in [3.63, 3.8) is 0 Å². The largest absolute Gasteiger partial charge is 0.390 e. The lowest BCUT2D eigenvalue weighted by Gasteiger charge is -2.21. The summed E-state index contributed by atoms with van der Waals surface area (Å²) in [7, 11) is 0. The number of hydrogen-bond donors (Lipinski definition) is 3. The van der Waals surface area contributed by atoms with E-state index in [1.165, 1.54) is 0 Å². The number of aromatic amines is 1. The Morgan fingerprint density at radius 1 is 1.43 bits per heavy atom. The Balaban J connectivity index is 1.70. The summed E-state index contributed by atoms with van der Waals surface area (Å²) >= 11 is 0. The van der Waals surface area contributed by atoms with Crippen LogP contribution < -0.4 is 5.32 Å². The molecule has 0 aliphatic heterocycles. The van der Waals surface area contributed by atoms with Crippen molar-refractivity contribution >= 4 is 5.91 Å². The molecule has 1 aliphatic carbocycles. The number of hydrogen-bond acceptors (Lipinski definition) is 3. The number of carbonyl (C=O) groups excluding carboxylic acids is 1. The van der Waals surface area contributed by atoms with Crippen LogP contribution in [0.3, 0.4) is 0 Å². The SMILES string of the molecule is Cc1n[nH]c(C)c1C[C@H](C)C(=O)N[C@H]1c2ccccc2C[C@H]1O. The van der Waals surface area contributed by atoms with Crippen molar-refractivity contribution in [1.29, 1.82) is 0 Å². The van der Waals surface area contributed by atoms with Crippen LogP contribution in [0.15, 0.2) is 24.3 Å². The van der Waals surface area contributed by atoms with Crippen LogP contribution in [0.4, 0.5) is 0 Å². The molecule has 0 saturated carbocycles. The van der Waals surface area contributed by atoms with Gasteiger partial charge in [0.15, 0.2) is 0 Å². The van der Waals surface area contributed by atoms with Crippen molar-refractivity contribution in [1.82, 2.24) is 15.5 Å². The molecule has 122 valence electrons. The zero-order chi connectivity index (χ0) is 16.6. The predicted molar refractivity (Wildman–Crippen MR) is 88.0 cm³/mol. The van der Waals surface area contributed by atoms with Crippen LogP contribution in [-0.4, -0.2) is 27.3 Å². The Morgan fingerprint density at radius 2 is 2.17 bits per heavy atom. The summed E-state index contributed by atoms with van der Waals surface area (Å²) in [4.78, 5) is 12.6. The molecule has 0 spiro atoms. The number of aryl methyl sites for hydroxylation is 2. The number of aromatic nitrogens is 2. The van der Waals surface area contributed by atoms with E-state index in [0.29, 0.717) is 12.8 Å². The smallest absolute Gasteiger partial charge is 0.223 e. The molecule has 0 saturated heterocycles. The van der Waals surface area contributed by atoms with Crippen LogP contribution in [0.1, 0.15) is 41.0 Å². The maximum Gasteiger partial charge on any atom is 0.223 e. The van der Waals surface area contributed by atoms with Gasteiger partial charge in [0, 0.05) is 18.0 Å². The molecule has 23 heavy (non-hydrogen) atoms. The summed E-state index contributed by atoms with van der Waals surface area (Å²) in [6.07, 6.45) is 0.681. The lowest BCUT2D eigenvalue weighted by molar-refractivity contribution is -0.126. The normalized spacial score (nSPS) is 21.0. The maximum absolute atomic E-state index is 12.6. The second-order valence-electron chi connectivity index (χ2n) is 6.47. The van der Waals surface area contributed by atoms with Crippen LogP contribution in [0, 0.1) is 19.8 Å². The van der Waals surface area contributed by atoms with Gasteiger partial charge in [0.05, 0.1) is 17.8 Å². The third kappa shape index (κ3) is 3.01. The average Bonchev–Trinajstić information content (AvgIpc) is 3.01. The first kappa shape index (κ1) is 15.7. The van der Waals surface area contributed by atoms with E-state index in [1.807, 2.05) is 45.0 Å². The van der Waals surface area contributed by atoms with E-state index >= 15 is 0 Å². The van der Waals surface area contributed by atoms with Gasteiger partial charge in [0.2, 0.25) is 5.91 Å².